The molecule has 0 aromatic heterocycles. The van der Waals surface area contributed by atoms with Crippen molar-refractivity contribution in [1.82, 2.24) is 0 Å². The van der Waals surface area contributed by atoms with E-state index < -0.39 is 0 Å². The molecule has 0 unspecified atom stereocenters. The fraction of sp³-hybridized carbons (Fsp3) is 0.333. The third-order valence-corrected chi connectivity index (χ3v) is 0.816. The molecule has 0 aliphatic carbocycles. The van der Waals surface area contributed by atoms with Crippen LogP contribution in [0.5, 0.6) is 0 Å². The number of rotatable bonds is 0. The summed E-state index contributed by atoms with van der Waals surface area (Å²) in [6, 6.07) is 0. The van der Waals surface area contributed by atoms with Crippen LogP contribution < -0.4 is 0 Å². The van der Waals surface area contributed by atoms with Crippen molar-refractivity contribution in [2.75, 3.05) is 6.61 Å². The molecule has 1 rings (SSSR count). The molecule has 1 heterocycles. The largest absolute Gasteiger partial charge is 0.491 e. The van der Waals surface area contributed by atoms with Crippen LogP contribution in [0.25, 0.3) is 0 Å². The summed E-state index contributed by atoms with van der Waals surface area (Å²) in [6.07, 6.45) is 4.99. The minimum Gasteiger partial charge on any atom is -0.491 e. The summed E-state index contributed by atoms with van der Waals surface area (Å²) < 4.78 is 9.89. The van der Waals surface area contributed by atoms with Gasteiger partial charge in [0.05, 0.1) is 6.26 Å². The minimum atomic E-state index is 0.613. The third-order valence-electron chi connectivity index (χ3n) is 0.816. The fourth-order valence-electron chi connectivity index (χ4n) is 0.444. The maximum absolute atomic E-state index is 5.05. The maximum atomic E-state index is 5.05. The first-order chi connectivity index (χ1) is 3.89. The van der Waals surface area contributed by atoms with E-state index in [1.54, 1.807) is 12.5 Å². The second-order valence-corrected chi connectivity index (χ2v) is 1.55. The Hall–Kier alpha value is -0.920. The zero-order valence-corrected chi connectivity index (χ0v) is 4.76. The molecule has 0 radical (unpaired) electrons. The second-order valence-electron chi connectivity index (χ2n) is 1.55. The van der Waals surface area contributed by atoms with E-state index in [2.05, 4.69) is 0 Å². The van der Waals surface area contributed by atoms with Gasteiger partial charge >= 0.3 is 0 Å². The Labute approximate surface area is 48.4 Å². The summed E-state index contributed by atoms with van der Waals surface area (Å²) in [6.45, 7) is 2.47. The topological polar surface area (TPSA) is 18.5 Å². The zero-order chi connectivity index (χ0) is 5.82. The van der Waals surface area contributed by atoms with Crippen molar-refractivity contribution in [1.29, 1.82) is 0 Å². The van der Waals surface area contributed by atoms with Gasteiger partial charge in [-0.2, -0.15) is 0 Å². The van der Waals surface area contributed by atoms with Crippen molar-refractivity contribution in [3.63, 3.8) is 0 Å². The van der Waals surface area contributed by atoms with E-state index in [9.17, 15) is 0 Å². The molecule has 2 heteroatoms. The predicted molar refractivity (Wildman–Crippen MR) is 29.9 cm³/mol. The molecule has 44 valence electrons. The van der Waals surface area contributed by atoms with E-state index in [0.29, 0.717) is 6.61 Å². The highest BCUT2D eigenvalue weighted by Gasteiger charge is 1.89. The number of ether oxygens (including phenoxy) is 2. The summed E-state index contributed by atoms with van der Waals surface area (Å²) in [5, 5.41) is 0. The van der Waals surface area contributed by atoms with Crippen LogP contribution in [-0.4, -0.2) is 6.61 Å². The van der Waals surface area contributed by atoms with Crippen LogP contribution in [0, 0.1) is 0 Å². The summed E-state index contributed by atoms with van der Waals surface area (Å²) in [4.78, 5) is 0. The summed E-state index contributed by atoms with van der Waals surface area (Å²) >= 11 is 0. The van der Waals surface area contributed by atoms with Gasteiger partial charge in [-0.25, -0.2) is 0 Å². The Bertz CT molecular complexity index is 124. The summed E-state index contributed by atoms with van der Waals surface area (Å²) in [5.74, 6) is 0.815. The van der Waals surface area contributed by atoms with Gasteiger partial charge in [-0.1, -0.05) is 0 Å². The van der Waals surface area contributed by atoms with E-state index in [1.165, 1.54) is 0 Å². The summed E-state index contributed by atoms with van der Waals surface area (Å²) in [5.41, 5.74) is 0. The quantitative estimate of drug-likeness (QED) is 0.471. The Morgan fingerprint density at radius 3 is 3.38 bits per heavy atom. The molecule has 0 aromatic rings. The maximum Gasteiger partial charge on any atom is 0.128 e. The molecule has 0 saturated carbocycles. The first kappa shape index (κ1) is 5.22. The standard InChI is InChI=1S/C6H8O2/c1-6-5-7-3-2-4-8-6/h2-3,5H,4H2,1H3. The highest BCUT2D eigenvalue weighted by molar-refractivity contribution is 4.89. The van der Waals surface area contributed by atoms with Crippen molar-refractivity contribution >= 4 is 0 Å². The van der Waals surface area contributed by atoms with Crippen LogP contribution in [0.4, 0.5) is 0 Å². The van der Waals surface area contributed by atoms with Gasteiger partial charge in [0.25, 0.3) is 0 Å². The van der Waals surface area contributed by atoms with Crippen molar-refractivity contribution in [2.45, 2.75) is 6.92 Å². The lowest BCUT2D eigenvalue weighted by molar-refractivity contribution is 0.243. The minimum absolute atomic E-state index is 0.613. The van der Waals surface area contributed by atoms with Gasteiger partial charge in [-0.3, -0.25) is 0 Å². The normalized spacial score (nSPS) is 17.9. The molecule has 0 aromatic carbocycles. The number of allylic oxidation sites excluding steroid dienone is 1. The zero-order valence-electron chi connectivity index (χ0n) is 4.76. The van der Waals surface area contributed by atoms with Gasteiger partial charge in [0.15, 0.2) is 0 Å². The van der Waals surface area contributed by atoms with Crippen LogP contribution >= 0.6 is 0 Å². The van der Waals surface area contributed by atoms with Gasteiger partial charge < -0.3 is 9.47 Å². The molecule has 8 heavy (non-hydrogen) atoms. The Morgan fingerprint density at radius 2 is 2.50 bits per heavy atom. The first-order valence-electron chi connectivity index (χ1n) is 2.49. The van der Waals surface area contributed by atoms with Crippen molar-refractivity contribution in [3.05, 3.63) is 24.4 Å². The van der Waals surface area contributed by atoms with Crippen molar-refractivity contribution < 1.29 is 9.47 Å². The highest BCUT2D eigenvalue weighted by atomic mass is 16.5. The fourth-order valence-corrected chi connectivity index (χ4v) is 0.444. The van der Waals surface area contributed by atoms with Crippen LogP contribution in [0.15, 0.2) is 24.4 Å². The lowest BCUT2D eigenvalue weighted by Gasteiger charge is -1.96. The monoisotopic (exact) mass is 112 g/mol. The Morgan fingerprint density at radius 1 is 1.62 bits per heavy atom. The molecular formula is C6H8O2. The Balaban J connectivity index is 2.48. The van der Waals surface area contributed by atoms with Crippen molar-refractivity contribution in [2.24, 2.45) is 0 Å². The number of hydrogen-bond donors (Lipinski definition) is 0. The molecule has 0 amide bonds. The van der Waals surface area contributed by atoms with Gasteiger partial charge in [0.1, 0.15) is 18.6 Å². The molecule has 2 nitrogen and oxygen atoms in total. The molecule has 1 aliphatic heterocycles. The predicted octanol–water partition coefficient (Wildman–Crippen LogP) is 1.41. The summed E-state index contributed by atoms with van der Waals surface area (Å²) in [7, 11) is 0. The SMILES string of the molecule is CC1=COC=CCO1. The lowest BCUT2D eigenvalue weighted by Crippen LogP contribution is -1.84. The molecule has 0 spiro atoms. The van der Waals surface area contributed by atoms with E-state index in [1.807, 2.05) is 13.0 Å². The van der Waals surface area contributed by atoms with Crippen LogP contribution in [0.2, 0.25) is 0 Å². The molecule has 0 N–H and O–H groups in total. The number of hydrogen-bond acceptors (Lipinski definition) is 2. The van der Waals surface area contributed by atoms with E-state index in [4.69, 9.17) is 9.47 Å². The molecule has 1 aliphatic rings. The average molecular weight is 112 g/mol. The first-order valence-corrected chi connectivity index (χ1v) is 2.49. The van der Waals surface area contributed by atoms with Gasteiger partial charge in [0, 0.05) is 0 Å². The molecule has 0 saturated heterocycles. The van der Waals surface area contributed by atoms with E-state index in [-0.39, 0.29) is 0 Å². The van der Waals surface area contributed by atoms with Crippen LogP contribution in [0.3, 0.4) is 0 Å². The van der Waals surface area contributed by atoms with Gasteiger partial charge in [0.2, 0.25) is 0 Å². The third kappa shape index (κ3) is 1.30. The molecule has 0 bridgehead atoms. The highest BCUT2D eigenvalue weighted by Crippen LogP contribution is 1.99. The molecular weight excluding hydrogens is 104 g/mol. The second kappa shape index (κ2) is 2.40. The Kier molecular flexibility index (Phi) is 1.57. The van der Waals surface area contributed by atoms with E-state index >= 15 is 0 Å². The molecule has 0 fully saturated rings. The van der Waals surface area contributed by atoms with Gasteiger partial charge in [-0.15, -0.1) is 0 Å². The average Bonchev–Trinajstić information content (AvgIpc) is 1.94. The van der Waals surface area contributed by atoms with Crippen LogP contribution in [-0.2, 0) is 9.47 Å². The lowest BCUT2D eigenvalue weighted by atomic mass is 10.6. The smallest absolute Gasteiger partial charge is 0.128 e. The molecule has 0 atom stereocenters. The van der Waals surface area contributed by atoms with E-state index in [0.717, 1.165) is 5.76 Å². The van der Waals surface area contributed by atoms with Crippen molar-refractivity contribution in [3.8, 4) is 0 Å². The van der Waals surface area contributed by atoms with Gasteiger partial charge in [-0.05, 0) is 13.0 Å². The van der Waals surface area contributed by atoms with Crippen LogP contribution in [0.1, 0.15) is 6.92 Å².